The number of ketones is 1. The summed E-state index contributed by atoms with van der Waals surface area (Å²) in [6.07, 6.45) is 0.647. The van der Waals surface area contributed by atoms with E-state index in [-0.39, 0.29) is 31.3 Å². The lowest BCUT2D eigenvalue weighted by Gasteiger charge is -2.11. The van der Waals surface area contributed by atoms with E-state index in [4.69, 9.17) is 14.2 Å². The Hall–Kier alpha value is -3.72. The number of thiazole rings is 1. The van der Waals surface area contributed by atoms with Gasteiger partial charge in [0.2, 0.25) is 5.91 Å². The maximum Gasteiger partial charge on any atom is 0.350 e. The van der Waals surface area contributed by atoms with Gasteiger partial charge in [-0.25, -0.2) is 9.78 Å². The van der Waals surface area contributed by atoms with Crippen molar-refractivity contribution >= 4 is 34.1 Å². The number of ether oxygens (including phenoxy) is 3. The maximum absolute atomic E-state index is 12.4. The highest BCUT2D eigenvalue weighted by Gasteiger charge is 2.21. The van der Waals surface area contributed by atoms with Crippen molar-refractivity contribution in [1.82, 2.24) is 4.98 Å². The van der Waals surface area contributed by atoms with Crippen LogP contribution in [-0.4, -0.2) is 43.0 Å². The second kappa shape index (κ2) is 11.9. The SMILES string of the molecule is CCOC(=O)c1sc(NC(=O)CCCOc2ccc(C(C)=O)cc2OC)nc1-c1ccccc1. The minimum atomic E-state index is -0.475. The summed E-state index contributed by atoms with van der Waals surface area (Å²) in [7, 11) is 1.50. The summed E-state index contributed by atoms with van der Waals surface area (Å²) in [5, 5.41) is 3.08. The lowest BCUT2D eigenvalue weighted by atomic mass is 10.1. The van der Waals surface area contributed by atoms with Gasteiger partial charge in [-0.2, -0.15) is 0 Å². The molecule has 9 heteroatoms. The Labute approximate surface area is 201 Å². The Morgan fingerprint density at radius 1 is 1.06 bits per heavy atom. The molecule has 1 N–H and O–H groups in total. The molecule has 0 saturated carbocycles. The average Bonchev–Trinajstić information content (AvgIpc) is 3.26. The van der Waals surface area contributed by atoms with Gasteiger partial charge in [0.25, 0.3) is 0 Å². The predicted molar refractivity (Wildman–Crippen MR) is 130 cm³/mol. The number of nitrogens with zero attached hydrogens (tertiary/aromatic N) is 1. The second-order valence-electron chi connectivity index (χ2n) is 7.21. The molecular formula is C25H26N2O6S. The van der Waals surface area contributed by atoms with Crippen LogP contribution < -0.4 is 14.8 Å². The summed E-state index contributed by atoms with van der Waals surface area (Å²) in [4.78, 5) is 41.1. The minimum absolute atomic E-state index is 0.0646. The molecule has 8 nitrogen and oxygen atoms in total. The molecule has 0 saturated heterocycles. The third kappa shape index (κ3) is 6.41. The van der Waals surface area contributed by atoms with Crippen molar-refractivity contribution in [3.8, 4) is 22.8 Å². The zero-order chi connectivity index (χ0) is 24.5. The highest BCUT2D eigenvalue weighted by molar-refractivity contribution is 7.18. The van der Waals surface area contributed by atoms with Crippen LogP contribution in [0.3, 0.4) is 0 Å². The van der Waals surface area contributed by atoms with Crippen LogP contribution >= 0.6 is 11.3 Å². The van der Waals surface area contributed by atoms with Crippen molar-refractivity contribution in [3.05, 3.63) is 59.0 Å². The summed E-state index contributed by atoms with van der Waals surface area (Å²) in [5.74, 6) is 0.174. The number of carbonyl (C=O) groups excluding carboxylic acids is 3. The van der Waals surface area contributed by atoms with Crippen molar-refractivity contribution in [1.29, 1.82) is 0 Å². The molecule has 34 heavy (non-hydrogen) atoms. The molecule has 2 aromatic carbocycles. The van der Waals surface area contributed by atoms with E-state index in [2.05, 4.69) is 10.3 Å². The molecule has 0 radical (unpaired) electrons. The lowest BCUT2D eigenvalue weighted by Crippen LogP contribution is -2.12. The van der Waals surface area contributed by atoms with Gasteiger partial charge in [-0.05, 0) is 38.5 Å². The molecule has 0 aliphatic heterocycles. The number of rotatable bonds is 11. The first-order chi connectivity index (χ1) is 16.4. The summed E-state index contributed by atoms with van der Waals surface area (Å²) in [6.45, 7) is 3.74. The average molecular weight is 483 g/mol. The molecule has 0 unspecified atom stereocenters. The number of amides is 1. The fourth-order valence-corrected chi connectivity index (χ4v) is 4.00. The monoisotopic (exact) mass is 482 g/mol. The van der Waals surface area contributed by atoms with Crippen LogP contribution in [0.4, 0.5) is 5.13 Å². The molecule has 0 fully saturated rings. The molecule has 0 atom stereocenters. The summed E-state index contributed by atoms with van der Waals surface area (Å²) in [5.41, 5.74) is 1.77. The van der Waals surface area contributed by atoms with Crippen LogP contribution in [0.2, 0.25) is 0 Å². The van der Waals surface area contributed by atoms with Gasteiger partial charge in [0.15, 0.2) is 22.4 Å². The third-order valence-corrected chi connectivity index (χ3v) is 5.71. The van der Waals surface area contributed by atoms with E-state index in [9.17, 15) is 14.4 Å². The fourth-order valence-electron chi connectivity index (χ4n) is 3.10. The van der Waals surface area contributed by atoms with E-state index < -0.39 is 5.97 Å². The third-order valence-electron chi connectivity index (χ3n) is 4.76. The first kappa shape index (κ1) is 24.9. The van der Waals surface area contributed by atoms with E-state index in [1.165, 1.54) is 14.0 Å². The largest absolute Gasteiger partial charge is 0.493 e. The number of benzene rings is 2. The topological polar surface area (TPSA) is 104 Å². The molecule has 0 aliphatic carbocycles. The van der Waals surface area contributed by atoms with Crippen molar-refractivity contribution < 1.29 is 28.6 Å². The van der Waals surface area contributed by atoms with Gasteiger partial charge in [0.1, 0.15) is 4.88 Å². The Morgan fingerprint density at radius 3 is 2.50 bits per heavy atom. The molecule has 1 amide bonds. The number of anilines is 1. The van der Waals surface area contributed by atoms with Crippen LogP contribution in [-0.2, 0) is 9.53 Å². The Bertz CT molecular complexity index is 1160. The molecule has 1 aromatic heterocycles. The first-order valence-electron chi connectivity index (χ1n) is 10.8. The number of nitrogens with one attached hydrogen (secondary N) is 1. The number of aromatic nitrogens is 1. The summed E-state index contributed by atoms with van der Waals surface area (Å²) in [6, 6.07) is 14.2. The van der Waals surface area contributed by atoms with Crippen LogP contribution in [0.15, 0.2) is 48.5 Å². The molecule has 0 spiro atoms. The van der Waals surface area contributed by atoms with E-state index in [1.807, 2.05) is 30.3 Å². The number of hydrogen-bond donors (Lipinski definition) is 1. The van der Waals surface area contributed by atoms with Gasteiger partial charge in [0, 0.05) is 17.5 Å². The van der Waals surface area contributed by atoms with E-state index in [0.29, 0.717) is 39.2 Å². The fraction of sp³-hybridized carbons (Fsp3) is 0.280. The van der Waals surface area contributed by atoms with Gasteiger partial charge in [0.05, 0.1) is 26.0 Å². The van der Waals surface area contributed by atoms with Crippen LogP contribution in [0.25, 0.3) is 11.3 Å². The van der Waals surface area contributed by atoms with Crippen molar-refractivity contribution in [2.45, 2.75) is 26.7 Å². The highest BCUT2D eigenvalue weighted by atomic mass is 32.1. The second-order valence-corrected chi connectivity index (χ2v) is 8.20. The first-order valence-corrected chi connectivity index (χ1v) is 11.6. The molecule has 3 aromatic rings. The van der Waals surface area contributed by atoms with Crippen LogP contribution in [0, 0.1) is 0 Å². The Kier molecular flexibility index (Phi) is 8.75. The zero-order valence-corrected chi connectivity index (χ0v) is 20.1. The zero-order valence-electron chi connectivity index (χ0n) is 19.3. The standard InChI is InChI=1S/C25H26N2O6S/c1-4-32-24(30)23-22(17-9-6-5-7-10-17)27-25(34-23)26-21(29)11-8-14-33-19-13-12-18(16(2)28)15-20(19)31-3/h5-7,9-10,12-13,15H,4,8,11,14H2,1-3H3,(H,26,27,29). The maximum atomic E-state index is 12.4. The minimum Gasteiger partial charge on any atom is -0.493 e. The molecular weight excluding hydrogens is 456 g/mol. The van der Waals surface area contributed by atoms with Crippen molar-refractivity contribution in [2.75, 3.05) is 25.6 Å². The lowest BCUT2D eigenvalue weighted by molar-refractivity contribution is -0.116. The van der Waals surface area contributed by atoms with Gasteiger partial charge in [-0.3, -0.25) is 9.59 Å². The Balaban J connectivity index is 1.59. The van der Waals surface area contributed by atoms with E-state index in [1.54, 1.807) is 25.1 Å². The smallest absolute Gasteiger partial charge is 0.350 e. The van der Waals surface area contributed by atoms with Gasteiger partial charge >= 0.3 is 5.97 Å². The molecule has 0 bridgehead atoms. The molecule has 3 rings (SSSR count). The predicted octanol–water partition coefficient (Wildman–Crippen LogP) is 5.00. The molecule has 0 aliphatic rings. The summed E-state index contributed by atoms with van der Waals surface area (Å²) >= 11 is 1.08. The van der Waals surface area contributed by atoms with Gasteiger partial charge in [-0.1, -0.05) is 41.7 Å². The normalized spacial score (nSPS) is 10.4. The van der Waals surface area contributed by atoms with Crippen molar-refractivity contribution in [3.63, 3.8) is 0 Å². The quantitative estimate of drug-likeness (QED) is 0.233. The van der Waals surface area contributed by atoms with E-state index >= 15 is 0 Å². The van der Waals surface area contributed by atoms with Crippen LogP contribution in [0.1, 0.15) is 46.7 Å². The van der Waals surface area contributed by atoms with E-state index in [0.717, 1.165) is 16.9 Å². The molecule has 178 valence electrons. The highest BCUT2D eigenvalue weighted by Crippen LogP contribution is 2.32. The Morgan fingerprint density at radius 2 is 1.82 bits per heavy atom. The molecule has 1 heterocycles. The van der Waals surface area contributed by atoms with Gasteiger partial charge in [-0.15, -0.1) is 0 Å². The number of esters is 1. The number of methoxy groups -OCH3 is 1. The van der Waals surface area contributed by atoms with Gasteiger partial charge < -0.3 is 19.5 Å². The van der Waals surface area contributed by atoms with Crippen molar-refractivity contribution in [2.24, 2.45) is 0 Å². The van der Waals surface area contributed by atoms with Crippen LogP contribution in [0.5, 0.6) is 11.5 Å². The number of hydrogen-bond acceptors (Lipinski definition) is 8. The number of Topliss-reactive ketones (excluding diaryl/α,β-unsaturated/α-hetero) is 1. The summed E-state index contributed by atoms with van der Waals surface area (Å²) < 4.78 is 16.1. The number of carbonyl (C=O) groups is 3.